The molecule has 0 unspecified atom stereocenters. The zero-order valence-corrected chi connectivity index (χ0v) is 14.5. The van der Waals surface area contributed by atoms with Crippen molar-refractivity contribution < 1.29 is 0 Å². The van der Waals surface area contributed by atoms with Crippen molar-refractivity contribution in [2.75, 3.05) is 0 Å². The van der Waals surface area contributed by atoms with Gasteiger partial charge in [-0.1, -0.05) is 6.07 Å². The highest BCUT2D eigenvalue weighted by molar-refractivity contribution is 6.04. The van der Waals surface area contributed by atoms with Gasteiger partial charge in [0.2, 0.25) is 0 Å². The predicted molar refractivity (Wildman–Crippen MR) is 107 cm³/mol. The summed E-state index contributed by atoms with van der Waals surface area (Å²) < 4.78 is 0. The van der Waals surface area contributed by atoms with Gasteiger partial charge in [0, 0.05) is 41.2 Å². The number of fused-ring (bicyclic) bond motifs is 1. The molecule has 0 aliphatic rings. The van der Waals surface area contributed by atoms with E-state index in [4.69, 9.17) is 16.6 Å². The normalized spacial score (nSPS) is 12.0. The number of aromatic amines is 1. The van der Waals surface area contributed by atoms with Crippen LogP contribution in [-0.4, -0.2) is 27.4 Å². The molecule has 5 N–H and O–H groups in total. The van der Waals surface area contributed by atoms with Crippen molar-refractivity contribution in [3.8, 4) is 11.3 Å². The first-order chi connectivity index (χ1) is 12.5. The molecule has 3 rings (SSSR count). The third-order valence-electron chi connectivity index (χ3n) is 3.80. The molecule has 0 spiro atoms. The predicted octanol–water partition coefficient (Wildman–Crippen LogP) is 3.70. The number of nitrogens with two attached hydrogens (primary N) is 1. The third-order valence-corrected chi connectivity index (χ3v) is 3.80. The van der Waals surface area contributed by atoms with Gasteiger partial charge >= 0.3 is 0 Å². The zero-order chi connectivity index (χ0) is 18.5. The molecular weight excluding hydrogens is 324 g/mol. The van der Waals surface area contributed by atoms with E-state index < -0.39 is 0 Å². The summed E-state index contributed by atoms with van der Waals surface area (Å²) in [5.74, 6) is 0.390. The van der Waals surface area contributed by atoms with E-state index in [1.54, 1.807) is 6.92 Å². The lowest BCUT2D eigenvalue weighted by Crippen LogP contribution is -2.16. The maximum Gasteiger partial charge on any atom is 0.146 e. The number of rotatable bonds is 5. The average Bonchev–Trinajstić information content (AvgIpc) is 3.14. The van der Waals surface area contributed by atoms with E-state index in [1.165, 1.54) is 12.2 Å². The van der Waals surface area contributed by atoms with Crippen molar-refractivity contribution in [3.05, 3.63) is 66.5 Å². The fourth-order valence-corrected chi connectivity index (χ4v) is 2.59. The molecule has 0 saturated heterocycles. The van der Waals surface area contributed by atoms with Gasteiger partial charge in [-0.2, -0.15) is 0 Å². The highest BCUT2D eigenvalue weighted by atomic mass is 14.9. The zero-order valence-electron chi connectivity index (χ0n) is 14.5. The second kappa shape index (κ2) is 7.57. The summed E-state index contributed by atoms with van der Waals surface area (Å²) in [5.41, 5.74) is 10.3. The van der Waals surface area contributed by atoms with E-state index in [1.807, 2.05) is 42.7 Å². The number of allylic oxidation sites excluding steroid dienone is 1. The summed E-state index contributed by atoms with van der Waals surface area (Å²) in [6, 6.07) is 12.0. The standard InChI is InChI=1S/C20H20N6/c1-13(21)4-7-19(22)26-20(23)10-14-5-6-18-15(9-14)11-16(12-25-18)17-3-2-8-24-17/h2-9,11-12,21,24H,10H2,1H3,(H3,22,23,26)/b7-4-,21-13?. The molecule has 0 aliphatic carbocycles. The van der Waals surface area contributed by atoms with Crippen LogP contribution in [-0.2, 0) is 6.42 Å². The largest absolute Gasteiger partial charge is 0.387 e. The smallest absolute Gasteiger partial charge is 0.146 e. The maximum atomic E-state index is 7.75. The average molecular weight is 344 g/mol. The highest BCUT2D eigenvalue weighted by Crippen LogP contribution is 2.22. The van der Waals surface area contributed by atoms with E-state index in [9.17, 15) is 0 Å². The van der Waals surface area contributed by atoms with Crippen LogP contribution in [0.1, 0.15) is 12.5 Å². The number of hydrogen-bond acceptors (Lipinski definition) is 3. The Labute approximate surface area is 151 Å². The Bertz CT molecular complexity index is 1010. The van der Waals surface area contributed by atoms with Crippen LogP contribution in [0, 0.1) is 10.8 Å². The number of aliphatic imine (C=N–C) groups is 1. The Morgan fingerprint density at radius 3 is 2.81 bits per heavy atom. The third kappa shape index (κ3) is 4.30. The van der Waals surface area contributed by atoms with Crippen LogP contribution < -0.4 is 5.73 Å². The van der Waals surface area contributed by atoms with E-state index in [0.29, 0.717) is 18.0 Å². The molecule has 0 amide bonds. The lowest BCUT2D eigenvalue weighted by Gasteiger charge is -2.05. The number of amidine groups is 2. The topological polar surface area (TPSA) is 115 Å². The van der Waals surface area contributed by atoms with Gasteiger partial charge < -0.3 is 16.1 Å². The van der Waals surface area contributed by atoms with Crippen molar-refractivity contribution in [2.45, 2.75) is 13.3 Å². The lowest BCUT2D eigenvalue weighted by atomic mass is 10.1. The number of nitrogens with one attached hydrogen (secondary N) is 3. The Kier molecular flexibility index (Phi) is 5.03. The van der Waals surface area contributed by atoms with Crippen molar-refractivity contribution in [1.82, 2.24) is 9.97 Å². The first-order valence-electron chi connectivity index (χ1n) is 8.18. The minimum atomic E-state index is 0.0330. The molecule has 0 aliphatic heterocycles. The molecule has 0 bridgehead atoms. The van der Waals surface area contributed by atoms with Crippen LogP contribution >= 0.6 is 0 Å². The Morgan fingerprint density at radius 2 is 2.08 bits per heavy atom. The van der Waals surface area contributed by atoms with Crippen molar-refractivity contribution in [2.24, 2.45) is 10.7 Å². The summed E-state index contributed by atoms with van der Waals surface area (Å²) >= 11 is 0. The van der Waals surface area contributed by atoms with Gasteiger partial charge in [0.15, 0.2) is 0 Å². The van der Waals surface area contributed by atoms with Crippen LogP contribution in [0.25, 0.3) is 22.2 Å². The lowest BCUT2D eigenvalue weighted by molar-refractivity contribution is 1.28. The van der Waals surface area contributed by atoms with E-state index in [0.717, 1.165) is 27.7 Å². The van der Waals surface area contributed by atoms with Crippen LogP contribution in [0.15, 0.2) is 65.9 Å². The van der Waals surface area contributed by atoms with Crippen LogP contribution in [0.2, 0.25) is 0 Å². The molecule has 3 aromatic rings. The Hall–Kier alpha value is -3.54. The van der Waals surface area contributed by atoms with E-state index in [-0.39, 0.29) is 5.84 Å². The van der Waals surface area contributed by atoms with Crippen LogP contribution in [0.5, 0.6) is 0 Å². The summed E-state index contributed by atoms with van der Waals surface area (Å²) in [6.07, 6.45) is 7.16. The summed E-state index contributed by atoms with van der Waals surface area (Å²) in [5, 5.41) is 16.1. The van der Waals surface area contributed by atoms with Crippen LogP contribution in [0.4, 0.5) is 0 Å². The fraction of sp³-hybridized carbons (Fsp3) is 0.100. The molecular formula is C20H20N6. The molecule has 0 fully saturated rings. The van der Waals surface area contributed by atoms with E-state index >= 15 is 0 Å². The summed E-state index contributed by atoms with van der Waals surface area (Å²) in [7, 11) is 0. The fourth-order valence-electron chi connectivity index (χ4n) is 2.59. The second-order valence-electron chi connectivity index (χ2n) is 6.02. The van der Waals surface area contributed by atoms with Crippen molar-refractivity contribution in [1.29, 1.82) is 10.8 Å². The Balaban J connectivity index is 1.82. The van der Waals surface area contributed by atoms with Gasteiger partial charge in [-0.15, -0.1) is 0 Å². The van der Waals surface area contributed by atoms with Gasteiger partial charge in [0.1, 0.15) is 11.7 Å². The number of pyridine rings is 1. The quantitative estimate of drug-likeness (QED) is 0.417. The molecule has 26 heavy (non-hydrogen) atoms. The first-order valence-corrected chi connectivity index (χ1v) is 8.18. The number of nitrogens with zero attached hydrogens (tertiary/aromatic N) is 2. The van der Waals surface area contributed by atoms with Gasteiger partial charge in [0.05, 0.1) is 5.52 Å². The van der Waals surface area contributed by atoms with Crippen molar-refractivity contribution >= 4 is 28.3 Å². The monoisotopic (exact) mass is 344 g/mol. The molecule has 0 saturated carbocycles. The van der Waals surface area contributed by atoms with Gasteiger partial charge in [-0.25, -0.2) is 4.99 Å². The molecule has 6 nitrogen and oxygen atoms in total. The highest BCUT2D eigenvalue weighted by Gasteiger charge is 2.04. The number of H-pyrrole nitrogens is 1. The molecule has 0 atom stereocenters. The van der Waals surface area contributed by atoms with Crippen molar-refractivity contribution in [3.63, 3.8) is 0 Å². The molecule has 2 heterocycles. The molecule has 130 valence electrons. The molecule has 6 heteroatoms. The number of benzene rings is 1. The number of aromatic nitrogens is 2. The van der Waals surface area contributed by atoms with Gasteiger partial charge in [-0.3, -0.25) is 10.4 Å². The SMILES string of the molecule is CC(=N)/C=C\C(=N)N=C(N)Cc1ccc2ncc(-c3ccc[nH]3)cc2c1. The number of hydrogen-bond donors (Lipinski definition) is 4. The van der Waals surface area contributed by atoms with E-state index in [2.05, 4.69) is 21.0 Å². The summed E-state index contributed by atoms with van der Waals surface area (Å²) in [4.78, 5) is 11.7. The Morgan fingerprint density at radius 1 is 1.23 bits per heavy atom. The molecule has 2 aromatic heterocycles. The second-order valence-corrected chi connectivity index (χ2v) is 6.02. The minimum absolute atomic E-state index is 0.0330. The van der Waals surface area contributed by atoms with Gasteiger partial charge in [-0.05, 0) is 55.0 Å². The minimum Gasteiger partial charge on any atom is -0.387 e. The van der Waals surface area contributed by atoms with Crippen LogP contribution in [0.3, 0.4) is 0 Å². The molecule has 1 aromatic carbocycles. The summed E-state index contributed by atoms with van der Waals surface area (Å²) in [6.45, 7) is 1.64. The maximum absolute atomic E-state index is 7.75. The first kappa shape index (κ1) is 17.3. The molecule has 0 radical (unpaired) electrons. The van der Waals surface area contributed by atoms with Gasteiger partial charge in [0.25, 0.3) is 0 Å².